The van der Waals surface area contributed by atoms with Crippen molar-refractivity contribution in [1.29, 1.82) is 0 Å². The van der Waals surface area contributed by atoms with Crippen molar-refractivity contribution in [1.82, 2.24) is 20.1 Å². The normalized spacial score (nSPS) is 18.5. The fourth-order valence-electron chi connectivity index (χ4n) is 3.91. The molecule has 0 spiro atoms. The van der Waals surface area contributed by atoms with Crippen molar-refractivity contribution in [3.63, 3.8) is 0 Å². The smallest absolute Gasteiger partial charge is 0.318 e. The second-order valence-electron chi connectivity index (χ2n) is 9.22. The van der Waals surface area contributed by atoms with Gasteiger partial charge in [0.2, 0.25) is 0 Å². The summed E-state index contributed by atoms with van der Waals surface area (Å²) in [6.45, 7) is 5.06. The summed E-state index contributed by atoms with van der Waals surface area (Å²) in [5, 5.41) is 5.75. The van der Waals surface area contributed by atoms with E-state index in [1.165, 1.54) is 23.5 Å². The molecule has 0 aliphatic carbocycles. The van der Waals surface area contributed by atoms with Gasteiger partial charge in [0.05, 0.1) is 25.5 Å². The van der Waals surface area contributed by atoms with Crippen molar-refractivity contribution in [3.05, 3.63) is 35.0 Å². The Balaban J connectivity index is 1.50. The Morgan fingerprint density at radius 3 is 2.49 bits per heavy atom. The molecule has 2 aliphatic rings. The van der Waals surface area contributed by atoms with E-state index >= 15 is 0 Å². The molecule has 190 valence electrons. The summed E-state index contributed by atoms with van der Waals surface area (Å²) in [5.74, 6) is -3.62. The average molecular weight is 512 g/mol. The van der Waals surface area contributed by atoms with E-state index in [1.807, 2.05) is 0 Å². The summed E-state index contributed by atoms with van der Waals surface area (Å²) in [7, 11) is 0. The third kappa shape index (κ3) is 6.30. The van der Waals surface area contributed by atoms with Crippen molar-refractivity contribution in [3.8, 4) is 11.3 Å². The lowest BCUT2D eigenvalue weighted by atomic mass is 10.1. The molecule has 0 saturated carbocycles. The molecule has 12 heteroatoms. The van der Waals surface area contributed by atoms with E-state index in [0.29, 0.717) is 42.4 Å². The monoisotopic (exact) mass is 511 g/mol. The van der Waals surface area contributed by atoms with E-state index in [0.717, 1.165) is 0 Å². The summed E-state index contributed by atoms with van der Waals surface area (Å²) < 4.78 is 46.1. The van der Waals surface area contributed by atoms with Crippen LogP contribution in [0.4, 0.5) is 23.1 Å². The van der Waals surface area contributed by atoms with Gasteiger partial charge in [-0.15, -0.1) is 0 Å². The predicted octanol–water partition coefficient (Wildman–Crippen LogP) is 3.55. The molecule has 1 aromatic carbocycles. The number of carbonyl (C=O) groups excluding carboxylic acids is 2. The number of thiazole rings is 1. The van der Waals surface area contributed by atoms with Crippen LogP contribution in [0.3, 0.4) is 0 Å². The summed E-state index contributed by atoms with van der Waals surface area (Å²) in [6.07, 6.45) is -0.210. The zero-order valence-corrected chi connectivity index (χ0v) is 20.4. The first-order chi connectivity index (χ1) is 16.5. The number of urea groups is 1. The van der Waals surface area contributed by atoms with Gasteiger partial charge in [-0.05, 0) is 38.1 Å². The van der Waals surface area contributed by atoms with E-state index in [1.54, 1.807) is 35.8 Å². The molecule has 2 N–H and O–H groups in total. The van der Waals surface area contributed by atoms with Crippen molar-refractivity contribution in [2.75, 3.05) is 44.7 Å². The molecule has 0 radical (unpaired) electrons. The number of carbonyl (C=O) groups is 2. The van der Waals surface area contributed by atoms with Gasteiger partial charge in [-0.1, -0.05) is 11.3 Å². The maximum Gasteiger partial charge on any atom is 0.318 e. The van der Waals surface area contributed by atoms with Crippen molar-refractivity contribution in [2.24, 2.45) is 0 Å². The van der Waals surface area contributed by atoms with Crippen molar-refractivity contribution in [2.45, 2.75) is 38.3 Å². The Bertz CT molecular complexity index is 1070. The summed E-state index contributed by atoms with van der Waals surface area (Å²) in [6, 6.07) is 5.35. The Morgan fingerprint density at radius 1 is 1.17 bits per heavy atom. The maximum absolute atomic E-state index is 13.7. The van der Waals surface area contributed by atoms with Gasteiger partial charge in [0.1, 0.15) is 11.4 Å². The van der Waals surface area contributed by atoms with Crippen LogP contribution in [0.2, 0.25) is 0 Å². The van der Waals surface area contributed by atoms with Crippen molar-refractivity contribution < 1.29 is 27.5 Å². The zero-order chi connectivity index (χ0) is 25.2. The van der Waals surface area contributed by atoms with E-state index in [2.05, 4.69) is 15.6 Å². The number of aromatic nitrogens is 1. The second-order valence-corrected chi connectivity index (χ2v) is 10.3. The molecule has 3 heterocycles. The Hall–Kier alpha value is -2.70. The first kappa shape index (κ1) is 25.4. The number of hydrogen-bond donors (Lipinski definition) is 2. The average Bonchev–Trinajstić information content (AvgIpc) is 3.36. The van der Waals surface area contributed by atoms with E-state index in [9.17, 15) is 22.8 Å². The van der Waals surface area contributed by atoms with E-state index < -0.39 is 23.2 Å². The van der Waals surface area contributed by atoms with Gasteiger partial charge in [-0.25, -0.2) is 22.9 Å². The second kappa shape index (κ2) is 10.1. The lowest BCUT2D eigenvalue weighted by molar-refractivity contribution is -0.121. The van der Waals surface area contributed by atoms with Crippen LogP contribution < -0.4 is 10.6 Å². The molecule has 0 unspecified atom stereocenters. The highest BCUT2D eigenvalue weighted by molar-refractivity contribution is 7.16. The Morgan fingerprint density at radius 2 is 1.86 bits per heavy atom. The van der Waals surface area contributed by atoms with Gasteiger partial charge in [0.15, 0.2) is 5.13 Å². The van der Waals surface area contributed by atoms with Gasteiger partial charge < -0.3 is 15.0 Å². The summed E-state index contributed by atoms with van der Waals surface area (Å²) >= 11 is 1.17. The van der Waals surface area contributed by atoms with Gasteiger partial charge >= 0.3 is 6.03 Å². The lowest BCUT2D eigenvalue weighted by Crippen LogP contribution is -2.57. The molecule has 2 aliphatic heterocycles. The van der Waals surface area contributed by atoms with Gasteiger partial charge in [-0.2, -0.15) is 0 Å². The molecule has 2 saturated heterocycles. The van der Waals surface area contributed by atoms with Crippen LogP contribution in [0, 0.1) is 5.82 Å². The molecule has 0 atom stereocenters. The van der Waals surface area contributed by atoms with Gasteiger partial charge in [0.25, 0.3) is 11.8 Å². The van der Waals surface area contributed by atoms with Crippen LogP contribution in [0.1, 0.15) is 25.1 Å². The molecular weight excluding hydrogens is 483 g/mol. The maximum atomic E-state index is 13.7. The number of benzene rings is 1. The number of ether oxygens (including phenoxy) is 1. The molecule has 2 fully saturated rings. The van der Waals surface area contributed by atoms with Gasteiger partial charge in [0, 0.05) is 43.0 Å². The zero-order valence-electron chi connectivity index (χ0n) is 19.6. The van der Waals surface area contributed by atoms with Crippen LogP contribution in [-0.4, -0.2) is 77.6 Å². The predicted molar refractivity (Wildman–Crippen MR) is 126 cm³/mol. The third-order valence-corrected chi connectivity index (χ3v) is 6.89. The lowest BCUT2D eigenvalue weighted by Gasteiger charge is -2.31. The van der Waals surface area contributed by atoms with Crippen molar-refractivity contribution >= 4 is 28.4 Å². The number of nitrogens with zero attached hydrogens (tertiary/aromatic N) is 3. The summed E-state index contributed by atoms with van der Waals surface area (Å²) in [4.78, 5) is 34.0. The first-order valence-electron chi connectivity index (χ1n) is 11.3. The molecule has 1 aromatic heterocycles. The van der Waals surface area contributed by atoms with Crippen LogP contribution in [0.15, 0.2) is 24.3 Å². The SMILES string of the molecule is CC(C)(NC(=O)N1CCOCC1)C(=O)Nc1nc(-c2ccc(F)cc2)c(CN2CCC(F)(F)C2)s1. The minimum absolute atomic E-state index is 0.210. The largest absolute Gasteiger partial charge is 0.378 e. The van der Waals surface area contributed by atoms with Gasteiger partial charge in [-0.3, -0.25) is 15.0 Å². The summed E-state index contributed by atoms with van der Waals surface area (Å²) in [5.41, 5.74) is -0.131. The number of alkyl halides is 2. The molecule has 8 nitrogen and oxygen atoms in total. The number of anilines is 1. The van der Waals surface area contributed by atoms with Crippen LogP contribution in [-0.2, 0) is 16.1 Å². The highest BCUT2D eigenvalue weighted by atomic mass is 32.1. The van der Waals surface area contributed by atoms with E-state index in [-0.39, 0.29) is 37.2 Å². The Labute approximate surface area is 205 Å². The number of likely N-dealkylation sites (tertiary alicyclic amines) is 1. The number of halogens is 3. The molecule has 2 aromatic rings. The molecular formula is C23H28F3N5O3S. The van der Waals surface area contributed by atoms with E-state index in [4.69, 9.17) is 4.74 Å². The standard InChI is InChI=1S/C23H28F3N5O3S/c1-22(2,29-21(33)31-9-11-34-12-10-31)19(32)28-20-27-18(15-3-5-16(24)6-4-15)17(35-20)13-30-8-7-23(25,26)14-30/h3-6H,7-14H2,1-2H3,(H,29,33)(H,27,28,32). The van der Waals surface area contributed by atoms with Crippen LogP contribution in [0.25, 0.3) is 11.3 Å². The third-order valence-electron chi connectivity index (χ3n) is 5.94. The highest BCUT2D eigenvalue weighted by Crippen LogP contribution is 2.35. The van der Waals surface area contributed by atoms with Crippen LogP contribution >= 0.6 is 11.3 Å². The first-order valence-corrected chi connectivity index (χ1v) is 12.2. The number of amides is 3. The Kier molecular flexibility index (Phi) is 7.34. The molecule has 0 bridgehead atoms. The topological polar surface area (TPSA) is 86.8 Å². The highest BCUT2D eigenvalue weighted by Gasteiger charge is 2.38. The minimum atomic E-state index is -2.74. The number of morpholine rings is 1. The molecule has 4 rings (SSSR count). The fourth-order valence-corrected chi connectivity index (χ4v) is 4.93. The quantitative estimate of drug-likeness (QED) is 0.620. The number of rotatable bonds is 6. The molecule has 3 amide bonds. The minimum Gasteiger partial charge on any atom is -0.378 e. The fraction of sp³-hybridized carbons (Fsp3) is 0.522. The number of nitrogens with one attached hydrogen (secondary N) is 2. The molecule has 35 heavy (non-hydrogen) atoms. The van der Waals surface area contributed by atoms with Crippen LogP contribution in [0.5, 0.6) is 0 Å². The number of hydrogen-bond acceptors (Lipinski definition) is 6.